The van der Waals surface area contributed by atoms with Gasteiger partial charge in [-0.15, -0.1) is 0 Å². The number of anilines is 1. The molecule has 0 saturated carbocycles. The van der Waals surface area contributed by atoms with Crippen LogP contribution in [0.25, 0.3) is 0 Å². The average Bonchev–Trinajstić information content (AvgIpc) is 2.65. The Balaban J connectivity index is 2.13. The molecule has 3 nitrogen and oxygen atoms in total. The van der Waals surface area contributed by atoms with E-state index < -0.39 is 0 Å². The van der Waals surface area contributed by atoms with E-state index in [0.717, 1.165) is 18.7 Å². The van der Waals surface area contributed by atoms with E-state index in [4.69, 9.17) is 4.74 Å². The van der Waals surface area contributed by atoms with Crippen LogP contribution in [-0.4, -0.2) is 25.2 Å². The van der Waals surface area contributed by atoms with Crippen LogP contribution in [0.15, 0.2) is 12.1 Å². The molecule has 0 amide bonds. The number of nitrogens with one attached hydrogen (secondary N) is 2. The first kappa shape index (κ1) is 13.2. The molecule has 1 fully saturated rings. The van der Waals surface area contributed by atoms with E-state index in [9.17, 15) is 0 Å². The molecule has 100 valence electrons. The van der Waals surface area contributed by atoms with E-state index in [1.165, 1.54) is 16.8 Å². The van der Waals surface area contributed by atoms with E-state index >= 15 is 0 Å². The Kier molecular flexibility index (Phi) is 3.53. The van der Waals surface area contributed by atoms with Gasteiger partial charge < -0.3 is 15.4 Å². The number of methoxy groups -OCH3 is 1. The molecule has 1 atom stereocenters. The minimum Gasteiger partial charge on any atom is -0.496 e. The molecule has 0 spiro atoms. The van der Waals surface area contributed by atoms with E-state index in [1.807, 2.05) is 6.07 Å². The molecular formula is C15H24N2O. The fourth-order valence-electron chi connectivity index (χ4n) is 2.66. The second-order valence-electron chi connectivity index (χ2n) is 5.88. The van der Waals surface area contributed by atoms with Gasteiger partial charge in [0.2, 0.25) is 0 Å². The minimum atomic E-state index is 0.243. The minimum absolute atomic E-state index is 0.243. The maximum absolute atomic E-state index is 5.34. The first-order valence-electron chi connectivity index (χ1n) is 6.59. The molecule has 2 N–H and O–H groups in total. The zero-order chi connectivity index (χ0) is 13.3. The van der Waals surface area contributed by atoms with Gasteiger partial charge in [0.25, 0.3) is 0 Å². The molecule has 2 rings (SSSR count). The lowest BCUT2D eigenvalue weighted by molar-refractivity contribution is 0.411. The third-order valence-electron chi connectivity index (χ3n) is 3.90. The number of rotatable bonds is 3. The summed E-state index contributed by atoms with van der Waals surface area (Å²) in [6.45, 7) is 9.78. The normalized spacial score (nSPS) is 21.9. The van der Waals surface area contributed by atoms with Crippen molar-refractivity contribution in [2.75, 3.05) is 19.0 Å². The van der Waals surface area contributed by atoms with Gasteiger partial charge in [-0.1, -0.05) is 0 Å². The topological polar surface area (TPSA) is 33.3 Å². The summed E-state index contributed by atoms with van der Waals surface area (Å²) >= 11 is 0. The lowest BCUT2D eigenvalue weighted by atomic mass is 10.0. The molecule has 1 saturated heterocycles. The first-order valence-corrected chi connectivity index (χ1v) is 6.59. The molecule has 1 heterocycles. The maximum Gasteiger partial charge on any atom is 0.122 e. The smallest absolute Gasteiger partial charge is 0.122 e. The van der Waals surface area contributed by atoms with Crippen molar-refractivity contribution in [2.24, 2.45) is 0 Å². The Morgan fingerprint density at radius 3 is 2.56 bits per heavy atom. The summed E-state index contributed by atoms with van der Waals surface area (Å²) in [6.07, 6.45) is 1.15. The van der Waals surface area contributed by atoms with Gasteiger partial charge in [0.1, 0.15) is 5.75 Å². The van der Waals surface area contributed by atoms with Crippen molar-refractivity contribution in [3.63, 3.8) is 0 Å². The second-order valence-corrected chi connectivity index (χ2v) is 5.88. The Bertz CT molecular complexity index is 440. The number of ether oxygens (including phenoxy) is 1. The molecule has 0 aromatic heterocycles. The van der Waals surface area contributed by atoms with Crippen LogP contribution in [-0.2, 0) is 0 Å². The van der Waals surface area contributed by atoms with Crippen LogP contribution >= 0.6 is 0 Å². The van der Waals surface area contributed by atoms with Gasteiger partial charge in [-0.25, -0.2) is 0 Å². The highest BCUT2D eigenvalue weighted by atomic mass is 16.5. The quantitative estimate of drug-likeness (QED) is 0.863. The molecule has 1 aliphatic rings. The van der Waals surface area contributed by atoms with Crippen LogP contribution in [0.3, 0.4) is 0 Å². The summed E-state index contributed by atoms with van der Waals surface area (Å²) in [4.78, 5) is 0. The predicted octanol–water partition coefficient (Wildman–Crippen LogP) is 2.86. The Morgan fingerprint density at radius 2 is 2.00 bits per heavy atom. The summed E-state index contributed by atoms with van der Waals surface area (Å²) in [5.74, 6) is 0.961. The maximum atomic E-state index is 5.34. The van der Waals surface area contributed by atoms with Crippen molar-refractivity contribution in [3.05, 3.63) is 23.3 Å². The lowest BCUT2D eigenvalue weighted by Crippen LogP contribution is -2.31. The summed E-state index contributed by atoms with van der Waals surface area (Å²) in [5.41, 5.74) is 3.96. The monoisotopic (exact) mass is 248 g/mol. The molecular weight excluding hydrogens is 224 g/mol. The highest BCUT2D eigenvalue weighted by Crippen LogP contribution is 2.29. The van der Waals surface area contributed by atoms with Crippen LogP contribution in [0.4, 0.5) is 5.69 Å². The standard InChI is InChI=1S/C15H24N2O/c1-10-11(2)14(18-5)7-6-13(10)17-12-8-15(3,4)16-9-12/h6-7,12,16-17H,8-9H2,1-5H3. The van der Waals surface area contributed by atoms with E-state index in [2.05, 4.69) is 44.4 Å². The van der Waals surface area contributed by atoms with Crippen LogP contribution in [0.2, 0.25) is 0 Å². The highest BCUT2D eigenvalue weighted by molar-refractivity contribution is 5.58. The Hall–Kier alpha value is -1.22. The van der Waals surface area contributed by atoms with Gasteiger partial charge in [-0.05, 0) is 57.4 Å². The van der Waals surface area contributed by atoms with Crippen molar-refractivity contribution in [1.29, 1.82) is 0 Å². The van der Waals surface area contributed by atoms with Gasteiger partial charge in [-0.2, -0.15) is 0 Å². The SMILES string of the molecule is COc1ccc(NC2CNC(C)(C)C2)c(C)c1C. The van der Waals surface area contributed by atoms with Crippen molar-refractivity contribution in [3.8, 4) is 5.75 Å². The summed E-state index contributed by atoms with van der Waals surface area (Å²) in [5, 5.41) is 7.17. The van der Waals surface area contributed by atoms with Crippen LogP contribution < -0.4 is 15.4 Å². The average molecular weight is 248 g/mol. The Morgan fingerprint density at radius 1 is 1.28 bits per heavy atom. The zero-order valence-corrected chi connectivity index (χ0v) is 12.1. The molecule has 18 heavy (non-hydrogen) atoms. The largest absolute Gasteiger partial charge is 0.496 e. The first-order chi connectivity index (χ1) is 8.43. The third kappa shape index (κ3) is 2.61. The van der Waals surface area contributed by atoms with E-state index in [1.54, 1.807) is 7.11 Å². The van der Waals surface area contributed by atoms with Gasteiger partial charge >= 0.3 is 0 Å². The molecule has 0 aliphatic carbocycles. The van der Waals surface area contributed by atoms with Crippen molar-refractivity contribution >= 4 is 5.69 Å². The molecule has 1 aromatic carbocycles. The summed E-state index contributed by atoms with van der Waals surface area (Å²) in [7, 11) is 1.72. The zero-order valence-electron chi connectivity index (χ0n) is 12.1. The summed E-state index contributed by atoms with van der Waals surface area (Å²) < 4.78 is 5.34. The van der Waals surface area contributed by atoms with Gasteiger partial charge in [0.05, 0.1) is 7.11 Å². The van der Waals surface area contributed by atoms with Crippen LogP contribution in [0, 0.1) is 13.8 Å². The van der Waals surface area contributed by atoms with Gasteiger partial charge in [0.15, 0.2) is 0 Å². The van der Waals surface area contributed by atoms with Gasteiger partial charge in [0, 0.05) is 23.8 Å². The van der Waals surface area contributed by atoms with Crippen molar-refractivity contribution in [2.45, 2.75) is 45.7 Å². The highest BCUT2D eigenvalue weighted by Gasteiger charge is 2.30. The fourth-order valence-corrected chi connectivity index (χ4v) is 2.66. The Labute approximate surface area is 110 Å². The van der Waals surface area contributed by atoms with Crippen molar-refractivity contribution < 1.29 is 4.74 Å². The van der Waals surface area contributed by atoms with E-state index in [0.29, 0.717) is 6.04 Å². The third-order valence-corrected chi connectivity index (χ3v) is 3.90. The second kappa shape index (κ2) is 4.81. The summed E-state index contributed by atoms with van der Waals surface area (Å²) in [6, 6.07) is 4.66. The van der Waals surface area contributed by atoms with E-state index in [-0.39, 0.29) is 5.54 Å². The predicted molar refractivity (Wildman–Crippen MR) is 76.6 cm³/mol. The molecule has 0 radical (unpaired) electrons. The van der Waals surface area contributed by atoms with Crippen molar-refractivity contribution in [1.82, 2.24) is 5.32 Å². The number of hydrogen-bond donors (Lipinski definition) is 2. The van der Waals surface area contributed by atoms with Gasteiger partial charge in [-0.3, -0.25) is 0 Å². The molecule has 1 aromatic rings. The van der Waals surface area contributed by atoms with Crippen LogP contribution in [0.1, 0.15) is 31.4 Å². The lowest BCUT2D eigenvalue weighted by Gasteiger charge is -2.20. The molecule has 0 bridgehead atoms. The molecule has 1 unspecified atom stereocenters. The van der Waals surface area contributed by atoms with Crippen LogP contribution in [0.5, 0.6) is 5.75 Å². The molecule has 1 aliphatic heterocycles. The molecule has 3 heteroatoms. The fraction of sp³-hybridized carbons (Fsp3) is 0.600. The number of hydrogen-bond acceptors (Lipinski definition) is 3. The number of benzene rings is 1.